The molecule has 4 aromatic rings. The molecule has 2 aromatic carbocycles. The molecule has 0 aliphatic rings. The number of nitrogens with one attached hydrogen (secondary N) is 1. The summed E-state index contributed by atoms with van der Waals surface area (Å²) in [5.74, 6) is -0.717. The summed E-state index contributed by atoms with van der Waals surface area (Å²) in [7, 11) is 0. The molecular formula is C25H23N5O5. The van der Waals surface area contributed by atoms with Crippen molar-refractivity contribution in [2.24, 2.45) is 0 Å². The van der Waals surface area contributed by atoms with Gasteiger partial charge >= 0.3 is 5.97 Å². The molecule has 0 aliphatic heterocycles. The quantitative estimate of drug-likeness (QED) is 0.244. The van der Waals surface area contributed by atoms with Gasteiger partial charge in [-0.3, -0.25) is 14.9 Å². The molecule has 2 aromatic heterocycles. The van der Waals surface area contributed by atoms with Gasteiger partial charge in [0.1, 0.15) is 5.56 Å². The Hall–Kier alpha value is -4.60. The molecule has 4 rings (SSSR count). The van der Waals surface area contributed by atoms with Gasteiger partial charge in [0, 0.05) is 22.6 Å². The van der Waals surface area contributed by atoms with Gasteiger partial charge in [-0.1, -0.05) is 18.2 Å². The van der Waals surface area contributed by atoms with E-state index in [2.05, 4.69) is 10.4 Å². The van der Waals surface area contributed by atoms with E-state index >= 15 is 0 Å². The van der Waals surface area contributed by atoms with Crippen molar-refractivity contribution >= 4 is 34.3 Å². The fourth-order valence-corrected chi connectivity index (χ4v) is 3.83. The summed E-state index contributed by atoms with van der Waals surface area (Å²) in [4.78, 5) is 41.1. The van der Waals surface area contributed by atoms with Crippen LogP contribution in [0.4, 0.5) is 11.5 Å². The lowest BCUT2D eigenvalue weighted by Crippen LogP contribution is -2.18. The van der Waals surface area contributed by atoms with E-state index in [-0.39, 0.29) is 29.2 Å². The average molecular weight is 473 g/mol. The number of ether oxygens (including phenoxy) is 1. The highest BCUT2D eigenvalue weighted by molar-refractivity contribution is 6.07. The molecule has 35 heavy (non-hydrogen) atoms. The van der Waals surface area contributed by atoms with Crippen LogP contribution in [0.5, 0.6) is 0 Å². The van der Waals surface area contributed by atoms with E-state index in [1.54, 1.807) is 13.8 Å². The molecule has 0 atom stereocenters. The maximum atomic E-state index is 13.1. The third-order valence-corrected chi connectivity index (χ3v) is 5.60. The van der Waals surface area contributed by atoms with Crippen LogP contribution in [0.1, 0.15) is 44.3 Å². The number of aromatic nitrogens is 3. The second-order valence-corrected chi connectivity index (χ2v) is 8.02. The van der Waals surface area contributed by atoms with Crippen LogP contribution in [-0.4, -0.2) is 38.2 Å². The van der Waals surface area contributed by atoms with Gasteiger partial charge in [0.25, 0.3) is 11.6 Å². The Morgan fingerprint density at radius 3 is 2.54 bits per heavy atom. The first-order valence-corrected chi connectivity index (χ1v) is 10.9. The molecule has 10 heteroatoms. The van der Waals surface area contributed by atoms with Crippen LogP contribution in [0.2, 0.25) is 0 Å². The molecule has 1 amide bonds. The van der Waals surface area contributed by atoms with E-state index in [9.17, 15) is 19.7 Å². The smallest absolute Gasteiger partial charge is 0.343 e. The van der Waals surface area contributed by atoms with Crippen molar-refractivity contribution in [1.82, 2.24) is 14.8 Å². The number of para-hydroxylation sites is 1. The Bertz CT molecular complexity index is 1490. The number of carbonyl (C=O) groups excluding carboxylic acids is 2. The second-order valence-electron chi connectivity index (χ2n) is 8.02. The lowest BCUT2D eigenvalue weighted by atomic mass is 10.1. The molecule has 0 fully saturated rings. The largest absolute Gasteiger partial charge is 0.462 e. The number of carbonyl (C=O) groups is 2. The molecule has 0 radical (unpaired) electrons. The third kappa shape index (κ3) is 4.45. The van der Waals surface area contributed by atoms with Crippen molar-refractivity contribution in [3.05, 3.63) is 86.6 Å². The predicted octanol–water partition coefficient (Wildman–Crippen LogP) is 4.68. The lowest BCUT2D eigenvalue weighted by molar-refractivity contribution is -0.385. The summed E-state index contributed by atoms with van der Waals surface area (Å²) in [6, 6.07) is 11.7. The normalized spacial score (nSPS) is 10.9. The van der Waals surface area contributed by atoms with E-state index < -0.39 is 16.8 Å². The van der Waals surface area contributed by atoms with Crippen LogP contribution in [0.15, 0.2) is 48.7 Å². The Morgan fingerprint density at radius 2 is 1.86 bits per heavy atom. The van der Waals surface area contributed by atoms with Gasteiger partial charge in [0.15, 0.2) is 11.6 Å². The first kappa shape index (κ1) is 23.6. The zero-order valence-electron chi connectivity index (χ0n) is 19.7. The number of nitrogens with zero attached hydrogens (tertiary/aromatic N) is 4. The summed E-state index contributed by atoms with van der Waals surface area (Å²) < 4.78 is 6.52. The van der Waals surface area contributed by atoms with Crippen LogP contribution >= 0.6 is 0 Å². The van der Waals surface area contributed by atoms with E-state index in [1.165, 1.54) is 29.1 Å². The van der Waals surface area contributed by atoms with Gasteiger partial charge in [0.2, 0.25) is 0 Å². The minimum absolute atomic E-state index is 0.0585. The van der Waals surface area contributed by atoms with E-state index in [1.807, 2.05) is 38.1 Å². The Labute approximate surface area is 200 Å². The number of benzene rings is 2. The van der Waals surface area contributed by atoms with E-state index in [4.69, 9.17) is 9.72 Å². The van der Waals surface area contributed by atoms with Crippen LogP contribution in [0.3, 0.4) is 0 Å². The SMILES string of the molecule is CCOC(=O)c1cnn(-c2cc(C)c3cccc(C)c3n2)c1NC(=O)c1ccc([N+](=O)[O-])c(C)c1. The molecule has 0 aliphatic carbocycles. The van der Waals surface area contributed by atoms with Gasteiger partial charge in [0.05, 0.1) is 23.2 Å². The fourth-order valence-electron chi connectivity index (χ4n) is 3.83. The van der Waals surface area contributed by atoms with Gasteiger partial charge in [-0.25, -0.2) is 9.78 Å². The second kappa shape index (κ2) is 9.34. The number of esters is 1. The van der Waals surface area contributed by atoms with Crippen LogP contribution in [-0.2, 0) is 4.74 Å². The standard InChI is InChI=1S/C25H23N5O5/c1-5-35-25(32)19-13-26-29(21-12-15(3)18-8-6-7-14(2)22(18)27-21)23(19)28-24(31)17-9-10-20(30(33)34)16(4)11-17/h6-13H,5H2,1-4H3,(H,28,31). The lowest BCUT2D eigenvalue weighted by Gasteiger charge is -2.13. The van der Waals surface area contributed by atoms with Crippen molar-refractivity contribution in [3.63, 3.8) is 0 Å². The zero-order valence-corrected chi connectivity index (χ0v) is 19.7. The summed E-state index contributed by atoms with van der Waals surface area (Å²) >= 11 is 0. The number of rotatable bonds is 6. The maximum absolute atomic E-state index is 13.1. The molecule has 0 saturated heterocycles. The number of fused-ring (bicyclic) bond motifs is 1. The monoisotopic (exact) mass is 473 g/mol. The summed E-state index contributed by atoms with van der Waals surface area (Å²) in [6.07, 6.45) is 1.31. The van der Waals surface area contributed by atoms with Gasteiger partial charge < -0.3 is 10.1 Å². The predicted molar refractivity (Wildman–Crippen MR) is 130 cm³/mol. The first-order chi connectivity index (χ1) is 16.7. The molecule has 0 saturated carbocycles. The molecule has 2 heterocycles. The van der Waals surface area contributed by atoms with Crippen LogP contribution in [0, 0.1) is 30.9 Å². The average Bonchev–Trinajstić information content (AvgIpc) is 3.23. The maximum Gasteiger partial charge on any atom is 0.343 e. The van der Waals surface area contributed by atoms with E-state index in [0.29, 0.717) is 11.4 Å². The highest BCUT2D eigenvalue weighted by atomic mass is 16.6. The Morgan fingerprint density at radius 1 is 1.09 bits per heavy atom. The highest BCUT2D eigenvalue weighted by Gasteiger charge is 2.24. The number of nitro groups is 1. The zero-order chi connectivity index (χ0) is 25.3. The molecule has 0 unspecified atom stereocenters. The van der Waals surface area contributed by atoms with Crippen LogP contribution in [0.25, 0.3) is 16.7 Å². The topological polar surface area (TPSA) is 129 Å². The number of anilines is 1. The van der Waals surface area contributed by atoms with Gasteiger partial charge in [-0.15, -0.1) is 0 Å². The Balaban J connectivity index is 1.81. The minimum Gasteiger partial charge on any atom is -0.462 e. The van der Waals surface area contributed by atoms with Crippen molar-refractivity contribution in [3.8, 4) is 5.82 Å². The van der Waals surface area contributed by atoms with E-state index in [0.717, 1.165) is 22.0 Å². The van der Waals surface area contributed by atoms with Crippen molar-refractivity contribution in [2.75, 3.05) is 11.9 Å². The van der Waals surface area contributed by atoms with Gasteiger partial charge in [-0.05, 0) is 57.0 Å². The number of pyridine rings is 1. The van der Waals surface area contributed by atoms with Gasteiger partial charge in [-0.2, -0.15) is 9.78 Å². The Kier molecular flexibility index (Phi) is 6.28. The number of hydrogen-bond donors (Lipinski definition) is 1. The highest BCUT2D eigenvalue weighted by Crippen LogP contribution is 2.27. The number of aryl methyl sites for hydroxylation is 3. The molecule has 0 spiro atoms. The molecule has 178 valence electrons. The summed E-state index contributed by atoms with van der Waals surface area (Å²) in [5, 5.41) is 19.1. The molecule has 1 N–H and O–H groups in total. The first-order valence-electron chi connectivity index (χ1n) is 10.9. The van der Waals surface area contributed by atoms with Crippen molar-refractivity contribution < 1.29 is 19.2 Å². The number of hydrogen-bond acceptors (Lipinski definition) is 7. The fraction of sp³-hybridized carbons (Fsp3) is 0.200. The van der Waals surface area contributed by atoms with Crippen molar-refractivity contribution in [1.29, 1.82) is 0 Å². The molecular weight excluding hydrogens is 450 g/mol. The third-order valence-electron chi connectivity index (χ3n) is 5.60. The van der Waals surface area contributed by atoms with Crippen molar-refractivity contribution in [2.45, 2.75) is 27.7 Å². The minimum atomic E-state index is -0.650. The summed E-state index contributed by atoms with van der Waals surface area (Å²) in [6.45, 7) is 7.27. The number of nitro benzene ring substituents is 1. The van der Waals surface area contributed by atoms with Crippen LogP contribution < -0.4 is 5.32 Å². The molecule has 10 nitrogen and oxygen atoms in total. The molecule has 0 bridgehead atoms. The summed E-state index contributed by atoms with van der Waals surface area (Å²) in [5.41, 5.74) is 3.19. The number of amides is 1.